The van der Waals surface area contributed by atoms with E-state index in [1.165, 1.54) is 37.7 Å². The number of pyridine rings is 2. The predicted molar refractivity (Wildman–Crippen MR) is 109 cm³/mol. The van der Waals surface area contributed by atoms with E-state index >= 15 is 0 Å². The van der Waals surface area contributed by atoms with Crippen molar-refractivity contribution >= 4 is 26.7 Å². The summed E-state index contributed by atoms with van der Waals surface area (Å²) in [7, 11) is 1.03. The molecule has 0 spiro atoms. The minimum Gasteiger partial charge on any atom is -0.369 e. The summed E-state index contributed by atoms with van der Waals surface area (Å²) in [6.07, 6.45) is 7.20. The summed E-state index contributed by atoms with van der Waals surface area (Å²) in [6.45, 7) is 0.793. The van der Waals surface area contributed by atoms with Crippen LogP contribution in [0.15, 0.2) is 40.4 Å². The number of nitrogens with one attached hydrogen (secondary N) is 2. The molecule has 0 unspecified atom stereocenters. The topological polar surface area (TPSA) is 100 Å². The largest absolute Gasteiger partial charge is 0.369 e. The lowest BCUT2D eigenvalue weighted by molar-refractivity contribution is 0.520. The Morgan fingerprint density at radius 1 is 1.32 bits per heavy atom. The second-order valence-corrected chi connectivity index (χ2v) is 9.56. The Balaban J connectivity index is 1.94. The van der Waals surface area contributed by atoms with Crippen molar-refractivity contribution < 1.29 is 8.42 Å². The summed E-state index contributed by atoms with van der Waals surface area (Å²) >= 11 is 0. The molecule has 1 fully saturated rings. The summed E-state index contributed by atoms with van der Waals surface area (Å²) in [5, 5.41) is 4.09. The molecule has 148 valence electrons. The van der Waals surface area contributed by atoms with Gasteiger partial charge in [-0.1, -0.05) is 0 Å². The molecule has 4 rings (SSSR count). The molecule has 2 N–H and O–H groups in total. The SMILES string of the molecule is CN(C)S(=O)(=O)c1cnc(NCC2CC2)c(-c2cn(C)c(=O)c3[nH]ccc23)c1. The second kappa shape index (κ2) is 6.75. The van der Waals surface area contributed by atoms with Crippen molar-refractivity contribution in [1.29, 1.82) is 0 Å². The molecule has 1 saturated carbocycles. The molecule has 0 amide bonds. The molecular formula is C19H23N5O3S. The highest BCUT2D eigenvalue weighted by molar-refractivity contribution is 7.89. The van der Waals surface area contributed by atoms with E-state index in [9.17, 15) is 13.2 Å². The number of hydrogen-bond donors (Lipinski definition) is 2. The maximum absolute atomic E-state index is 12.6. The minimum absolute atomic E-state index is 0.113. The maximum Gasteiger partial charge on any atom is 0.274 e. The van der Waals surface area contributed by atoms with E-state index < -0.39 is 10.0 Å². The molecule has 9 heteroatoms. The molecule has 0 radical (unpaired) electrons. The van der Waals surface area contributed by atoms with Gasteiger partial charge in [0, 0.05) is 62.8 Å². The Kier molecular flexibility index (Phi) is 4.51. The number of aryl methyl sites for hydroxylation is 1. The highest BCUT2D eigenvalue weighted by Gasteiger charge is 2.24. The number of rotatable bonds is 6. The standard InChI is InChI=1S/C19H23N5O3S/c1-23(2)28(26,27)13-8-15(18(22-10-13)21-9-12-4-5-12)16-11-24(3)19(25)17-14(16)6-7-20-17/h6-8,10-12,20H,4-5,9H2,1-3H3,(H,21,22). The Morgan fingerprint density at radius 3 is 2.75 bits per heavy atom. The fraction of sp³-hybridized carbons (Fsp3) is 0.368. The fourth-order valence-electron chi connectivity index (χ4n) is 3.19. The van der Waals surface area contributed by atoms with Crippen LogP contribution in [0.3, 0.4) is 0 Å². The molecule has 0 atom stereocenters. The number of fused-ring (bicyclic) bond motifs is 1. The van der Waals surface area contributed by atoms with Gasteiger partial charge in [0.15, 0.2) is 0 Å². The third-order valence-corrected chi connectivity index (χ3v) is 6.86. The monoisotopic (exact) mass is 401 g/mol. The highest BCUT2D eigenvalue weighted by atomic mass is 32.2. The fourth-order valence-corrected chi connectivity index (χ4v) is 4.06. The number of anilines is 1. The van der Waals surface area contributed by atoms with E-state index in [1.54, 1.807) is 25.5 Å². The zero-order chi connectivity index (χ0) is 20.1. The highest BCUT2D eigenvalue weighted by Crippen LogP contribution is 2.35. The van der Waals surface area contributed by atoms with Crippen LogP contribution in [-0.2, 0) is 17.1 Å². The number of H-pyrrole nitrogens is 1. The lowest BCUT2D eigenvalue weighted by Crippen LogP contribution is -2.22. The van der Waals surface area contributed by atoms with Crippen LogP contribution < -0.4 is 10.9 Å². The summed E-state index contributed by atoms with van der Waals surface area (Å²) in [4.78, 5) is 19.9. The van der Waals surface area contributed by atoms with E-state index in [2.05, 4.69) is 15.3 Å². The molecular weight excluding hydrogens is 378 g/mol. The molecule has 0 bridgehead atoms. The zero-order valence-corrected chi connectivity index (χ0v) is 16.9. The first-order valence-electron chi connectivity index (χ1n) is 9.12. The van der Waals surface area contributed by atoms with Gasteiger partial charge in [0.05, 0.1) is 0 Å². The minimum atomic E-state index is -3.63. The van der Waals surface area contributed by atoms with Crippen LogP contribution in [0.1, 0.15) is 12.8 Å². The van der Waals surface area contributed by atoms with Crippen LogP contribution in [0.4, 0.5) is 5.82 Å². The average molecular weight is 401 g/mol. The first-order chi connectivity index (χ1) is 13.3. The van der Waals surface area contributed by atoms with Crippen LogP contribution in [0, 0.1) is 5.92 Å². The van der Waals surface area contributed by atoms with Gasteiger partial charge >= 0.3 is 0 Å². The van der Waals surface area contributed by atoms with Gasteiger partial charge in [-0.15, -0.1) is 0 Å². The molecule has 0 aromatic carbocycles. The van der Waals surface area contributed by atoms with Crippen LogP contribution in [0.5, 0.6) is 0 Å². The van der Waals surface area contributed by atoms with E-state index in [0.717, 1.165) is 21.8 Å². The van der Waals surface area contributed by atoms with Crippen molar-refractivity contribution in [2.24, 2.45) is 13.0 Å². The summed E-state index contributed by atoms with van der Waals surface area (Å²) in [6, 6.07) is 3.45. The van der Waals surface area contributed by atoms with Gasteiger partial charge in [-0.25, -0.2) is 17.7 Å². The lowest BCUT2D eigenvalue weighted by atomic mass is 10.0. The van der Waals surface area contributed by atoms with Gasteiger partial charge in [0.2, 0.25) is 10.0 Å². The van der Waals surface area contributed by atoms with Crippen molar-refractivity contribution in [3.63, 3.8) is 0 Å². The molecule has 0 saturated heterocycles. The van der Waals surface area contributed by atoms with E-state index in [1.807, 2.05) is 6.07 Å². The zero-order valence-electron chi connectivity index (χ0n) is 16.1. The Hall–Kier alpha value is -2.65. The lowest BCUT2D eigenvalue weighted by Gasteiger charge is -2.16. The van der Waals surface area contributed by atoms with Crippen molar-refractivity contribution in [3.05, 3.63) is 41.1 Å². The Labute approximate surface area is 163 Å². The molecule has 0 aliphatic heterocycles. The summed E-state index contributed by atoms with van der Waals surface area (Å²) in [5.41, 5.74) is 1.75. The van der Waals surface area contributed by atoms with E-state index in [-0.39, 0.29) is 10.5 Å². The smallest absolute Gasteiger partial charge is 0.274 e. The normalized spacial score (nSPS) is 14.7. The van der Waals surface area contributed by atoms with Crippen molar-refractivity contribution in [2.45, 2.75) is 17.7 Å². The summed E-state index contributed by atoms with van der Waals surface area (Å²) < 4.78 is 27.9. The van der Waals surface area contributed by atoms with Gasteiger partial charge in [0.1, 0.15) is 16.2 Å². The molecule has 3 aromatic heterocycles. The van der Waals surface area contributed by atoms with Gasteiger partial charge in [-0.2, -0.15) is 0 Å². The quantitative estimate of drug-likeness (QED) is 0.658. The van der Waals surface area contributed by atoms with Gasteiger partial charge < -0.3 is 14.9 Å². The number of nitrogens with zero attached hydrogens (tertiary/aromatic N) is 3. The molecule has 1 aliphatic carbocycles. The van der Waals surface area contributed by atoms with Crippen LogP contribution >= 0.6 is 0 Å². The van der Waals surface area contributed by atoms with Gasteiger partial charge in [-0.05, 0) is 30.9 Å². The van der Waals surface area contributed by atoms with Gasteiger partial charge in [0.25, 0.3) is 5.56 Å². The molecule has 1 aliphatic rings. The predicted octanol–water partition coefficient (Wildman–Crippen LogP) is 2.00. The van der Waals surface area contributed by atoms with Crippen LogP contribution in [-0.4, -0.2) is 47.9 Å². The van der Waals surface area contributed by atoms with Gasteiger partial charge in [-0.3, -0.25) is 4.79 Å². The first-order valence-corrected chi connectivity index (χ1v) is 10.6. The Morgan fingerprint density at radius 2 is 2.07 bits per heavy atom. The number of aromatic amines is 1. The molecule has 28 heavy (non-hydrogen) atoms. The van der Waals surface area contributed by atoms with Crippen molar-refractivity contribution in [2.75, 3.05) is 26.0 Å². The third-order valence-electron chi connectivity index (χ3n) is 5.08. The molecule has 3 aromatic rings. The van der Waals surface area contributed by atoms with E-state index in [0.29, 0.717) is 22.8 Å². The van der Waals surface area contributed by atoms with E-state index in [4.69, 9.17) is 0 Å². The number of sulfonamides is 1. The third kappa shape index (κ3) is 3.20. The van der Waals surface area contributed by atoms with Crippen LogP contribution in [0.25, 0.3) is 22.0 Å². The van der Waals surface area contributed by atoms with Crippen molar-refractivity contribution in [1.82, 2.24) is 18.8 Å². The van der Waals surface area contributed by atoms with Crippen molar-refractivity contribution in [3.8, 4) is 11.1 Å². The van der Waals surface area contributed by atoms with Crippen LogP contribution in [0.2, 0.25) is 0 Å². The molecule has 3 heterocycles. The number of hydrogen-bond acceptors (Lipinski definition) is 5. The number of aromatic nitrogens is 3. The first kappa shape index (κ1) is 18.7. The summed E-state index contributed by atoms with van der Waals surface area (Å²) in [5.74, 6) is 1.25. The maximum atomic E-state index is 12.6. The Bertz CT molecular complexity index is 1210. The second-order valence-electron chi connectivity index (χ2n) is 7.40. The molecule has 8 nitrogen and oxygen atoms in total. The average Bonchev–Trinajstić information content (AvgIpc) is 3.36.